The van der Waals surface area contributed by atoms with Gasteiger partial charge in [-0.05, 0) is 35.4 Å². The van der Waals surface area contributed by atoms with Gasteiger partial charge < -0.3 is 0 Å². The lowest BCUT2D eigenvalue weighted by molar-refractivity contribution is -0.119. The first-order chi connectivity index (χ1) is 9.33. The second-order valence-electron chi connectivity index (χ2n) is 4.62. The second-order valence-corrected chi connectivity index (χ2v) is 6.03. The van der Waals surface area contributed by atoms with E-state index in [4.69, 9.17) is 0 Å². The Morgan fingerprint density at radius 2 is 1.26 bits per heavy atom. The van der Waals surface area contributed by atoms with Crippen molar-refractivity contribution in [2.45, 2.75) is 23.3 Å². The molecule has 2 atom stereocenters. The number of pyridine rings is 2. The number of carbonyl (C=O) groups excluding carboxylic acids is 1. The zero-order chi connectivity index (χ0) is 13.1. The second kappa shape index (κ2) is 5.53. The molecule has 0 amide bonds. The largest absolute Gasteiger partial charge is 0.300 e. The molecule has 96 valence electrons. The van der Waals surface area contributed by atoms with E-state index < -0.39 is 0 Å². The van der Waals surface area contributed by atoms with Crippen LogP contribution in [-0.4, -0.2) is 15.8 Å². The van der Waals surface area contributed by atoms with Gasteiger partial charge in [0.25, 0.3) is 0 Å². The highest BCUT2D eigenvalue weighted by Crippen LogP contribution is 2.48. The highest BCUT2D eigenvalue weighted by Gasteiger charge is 2.29. The number of aromatic nitrogens is 2. The van der Waals surface area contributed by atoms with Gasteiger partial charge in [0, 0.05) is 48.1 Å². The third-order valence-electron chi connectivity index (χ3n) is 3.31. The molecule has 3 rings (SSSR count). The number of carbonyl (C=O) groups is 1. The summed E-state index contributed by atoms with van der Waals surface area (Å²) in [5.41, 5.74) is 2.37. The Labute approximate surface area is 116 Å². The first-order valence-electron chi connectivity index (χ1n) is 6.30. The van der Waals surface area contributed by atoms with Crippen LogP contribution in [0.2, 0.25) is 0 Å². The number of hydrogen-bond donors (Lipinski definition) is 0. The fraction of sp³-hybridized carbons (Fsp3) is 0.267. The van der Waals surface area contributed by atoms with Crippen molar-refractivity contribution in [1.29, 1.82) is 0 Å². The molecule has 1 aliphatic rings. The van der Waals surface area contributed by atoms with Crippen molar-refractivity contribution in [3.63, 3.8) is 0 Å². The van der Waals surface area contributed by atoms with Gasteiger partial charge in [-0.3, -0.25) is 14.8 Å². The molecule has 0 aliphatic carbocycles. The molecular formula is C15H14N2OS. The highest BCUT2D eigenvalue weighted by molar-refractivity contribution is 7.99. The van der Waals surface area contributed by atoms with E-state index >= 15 is 0 Å². The fourth-order valence-electron chi connectivity index (χ4n) is 2.34. The number of nitrogens with zero attached hydrogens (tertiary/aromatic N) is 2. The number of thioether (sulfide) groups is 1. The molecule has 0 spiro atoms. The Bertz CT molecular complexity index is 509. The predicted molar refractivity (Wildman–Crippen MR) is 75.8 cm³/mol. The Hall–Kier alpha value is -1.68. The minimum Gasteiger partial charge on any atom is -0.300 e. The maximum atomic E-state index is 12.0. The molecule has 0 bridgehead atoms. The van der Waals surface area contributed by atoms with Gasteiger partial charge in [0.1, 0.15) is 5.78 Å². The summed E-state index contributed by atoms with van der Waals surface area (Å²) < 4.78 is 0. The van der Waals surface area contributed by atoms with Crippen LogP contribution in [0.15, 0.2) is 49.1 Å². The summed E-state index contributed by atoms with van der Waals surface area (Å²) in [6, 6.07) is 8.00. The quantitative estimate of drug-likeness (QED) is 0.839. The Morgan fingerprint density at radius 1 is 0.842 bits per heavy atom. The molecule has 0 aromatic carbocycles. The van der Waals surface area contributed by atoms with Gasteiger partial charge in [0.2, 0.25) is 0 Å². The molecule has 2 aromatic heterocycles. The summed E-state index contributed by atoms with van der Waals surface area (Å²) in [7, 11) is 0. The van der Waals surface area contributed by atoms with Gasteiger partial charge in [-0.2, -0.15) is 0 Å². The average molecular weight is 270 g/mol. The fourth-order valence-corrected chi connectivity index (χ4v) is 3.93. The normalized spacial score (nSPS) is 23.3. The van der Waals surface area contributed by atoms with E-state index in [1.165, 1.54) is 11.1 Å². The topological polar surface area (TPSA) is 42.9 Å². The molecule has 1 saturated heterocycles. The summed E-state index contributed by atoms with van der Waals surface area (Å²) in [4.78, 5) is 20.1. The number of Topliss-reactive ketones (excluding diaryl/α,β-unsaturated/α-hetero) is 1. The van der Waals surface area contributed by atoms with Crippen molar-refractivity contribution < 1.29 is 4.79 Å². The summed E-state index contributed by atoms with van der Waals surface area (Å²) in [5.74, 6) is 0.336. The molecule has 3 heterocycles. The maximum absolute atomic E-state index is 12.0. The average Bonchev–Trinajstić information content (AvgIpc) is 2.48. The molecule has 0 unspecified atom stereocenters. The highest BCUT2D eigenvalue weighted by atomic mass is 32.2. The molecule has 2 aromatic rings. The van der Waals surface area contributed by atoms with Gasteiger partial charge >= 0.3 is 0 Å². The minimum atomic E-state index is 0.238. The molecule has 0 saturated carbocycles. The van der Waals surface area contributed by atoms with E-state index in [0.717, 1.165) is 0 Å². The van der Waals surface area contributed by atoms with E-state index in [-0.39, 0.29) is 10.5 Å². The van der Waals surface area contributed by atoms with Gasteiger partial charge in [-0.1, -0.05) is 0 Å². The van der Waals surface area contributed by atoms with Crippen molar-refractivity contribution in [3.8, 4) is 0 Å². The van der Waals surface area contributed by atoms with Crippen molar-refractivity contribution in [1.82, 2.24) is 9.97 Å². The van der Waals surface area contributed by atoms with Crippen LogP contribution < -0.4 is 0 Å². The van der Waals surface area contributed by atoms with Crippen molar-refractivity contribution in [2.75, 3.05) is 0 Å². The van der Waals surface area contributed by atoms with Crippen LogP contribution in [0.3, 0.4) is 0 Å². The lowest BCUT2D eigenvalue weighted by Gasteiger charge is -2.28. The first-order valence-corrected chi connectivity index (χ1v) is 7.24. The van der Waals surface area contributed by atoms with Crippen LogP contribution in [0.5, 0.6) is 0 Å². The van der Waals surface area contributed by atoms with Crippen molar-refractivity contribution in [3.05, 3.63) is 60.2 Å². The molecule has 19 heavy (non-hydrogen) atoms. The Balaban J connectivity index is 1.84. The van der Waals surface area contributed by atoms with Crippen LogP contribution in [0.4, 0.5) is 0 Å². The Morgan fingerprint density at radius 3 is 1.68 bits per heavy atom. The molecule has 1 aliphatic heterocycles. The van der Waals surface area contributed by atoms with E-state index in [1.807, 2.05) is 36.0 Å². The van der Waals surface area contributed by atoms with Crippen LogP contribution >= 0.6 is 11.8 Å². The first kappa shape index (κ1) is 12.4. The van der Waals surface area contributed by atoms with E-state index in [2.05, 4.69) is 9.97 Å². The lowest BCUT2D eigenvalue weighted by atomic mass is 10.0. The van der Waals surface area contributed by atoms with Gasteiger partial charge in [-0.25, -0.2) is 0 Å². The van der Waals surface area contributed by atoms with Crippen molar-refractivity contribution in [2.24, 2.45) is 0 Å². The van der Waals surface area contributed by atoms with E-state index in [0.29, 0.717) is 18.6 Å². The number of rotatable bonds is 2. The molecule has 1 fully saturated rings. The third-order valence-corrected chi connectivity index (χ3v) is 4.85. The van der Waals surface area contributed by atoms with Gasteiger partial charge in [0.15, 0.2) is 0 Å². The van der Waals surface area contributed by atoms with Gasteiger partial charge in [-0.15, -0.1) is 11.8 Å². The smallest absolute Gasteiger partial charge is 0.135 e. The Kier molecular flexibility index (Phi) is 3.60. The van der Waals surface area contributed by atoms with Crippen LogP contribution in [0.1, 0.15) is 34.5 Å². The third kappa shape index (κ3) is 2.84. The number of hydrogen-bond acceptors (Lipinski definition) is 4. The van der Waals surface area contributed by atoms with Crippen LogP contribution in [0.25, 0.3) is 0 Å². The van der Waals surface area contributed by atoms with E-state index in [1.54, 1.807) is 24.8 Å². The van der Waals surface area contributed by atoms with Crippen LogP contribution in [0, 0.1) is 0 Å². The van der Waals surface area contributed by atoms with Gasteiger partial charge in [0.05, 0.1) is 0 Å². The molecule has 0 N–H and O–H groups in total. The summed E-state index contributed by atoms with van der Waals surface area (Å²) in [5, 5.41) is 0.477. The summed E-state index contributed by atoms with van der Waals surface area (Å²) >= 11 is 1.87. The minimum absolute atomic E-state index is 0.238. The molecule has 3 nitrogen and oxygen atoms in total. The molecular weight excluding hydrogens is 256 g/mol. The summed E-state index contributed by atoms with van der Waals surface area (Å²) in [6.07, 6.45) is 8.40. The standard InChI is InChI=1S/C15H14N2OS/c18-13-9-14(11-1-5-16-6-2-11)19-15(10-13)12-3-7-17-8-4-12/h1-8,14-15H,9-10H2/t14-,15-/m0/s1. The number of ketones is 1. The monoisotopic (exact) mass is 270 g/mol. The zero-order valence-corrected chi connectivity index (χ0v) is 11.2. The zero-order valence-electron chi connectivity index (χ0n) is 10.4. The van der Waals surface area contributed by atoms with Crippen molar-refractivity contribution >= 4 is 17.5 Å². The van der Waals surface area contributed by atoms with Crippen LogP contribution in [-0.2, 0) is 4.79 Å². The lowest BCUT2D eigenvalue weighted by Crippen LogP contribution is -2.15. The molecule has 0 radical (unpaired) electrons. The maximum Gasteiger partial charge on any atom is 0.135 e. The molecule has 4 heteroatoms. The van der Waals surface area contributed by atoms with E-state index in [9.17, 15) is 4.79 Å². The summed E-state index contributed by atoms with van der Waals surface area (Å²) in [6.45, 7) is 0. The SMILES string of the molecule is O=C1C[C@@H](c2ccncc2)S[C@H](c2ccncc2)C1. The predicted octanol–water partition coefficient (Wildman–Crippen LogP) is 3.36.